The number of carbonyl (C=O) groups is 2. The summed E-state index contributed by atoms with van der Waals surface area (Å²) < 4.78 is 38.3. The Labute approximate surface area is 83.3 Å². The van der Waals surface area contributed by atoms with Gasteiger partial charge in [-0.15, -0.1) is 0 Å². The molecule has 0 aromatic carbocycles. The van der Waals surface area contributed by atoms with Crippen LogP contribution in [0.4, 0.5) is 13.2 Å². The molecule has 0 spiro atoms. The van der Waals surface area contributed by atoms with Crippen LogP contribution >= 0.6 is 0 Å². The van der Waals surface area contributed by atoms with Gasteiger partial charge >= 0.3 is 12.1 Å². The molecule has 0 amide bonds. The van der Waals surface area contributed by atoms with Gasteiger partial charge in [0.15, 0.2) is 5.41 Å². The van der Waals surface area contributed by atoms with Gasteiger partial charge in [-0.25, -0.2) is 0 Å². The first-order valence-electron chi connectivity index (χ1n) is 4.62. The maximum Gasteiger partial charge on any atom is 0.405 e. The first kappa shape index (κ1) is 10.4. The summed E-state index contributed by atoms with van der Waals surface area (Å²) in [6.07, 6.45) is -5.10. The molecule has 2 aliphatic carbocycles. The molecule has 3 unspecified atom stereocenters. The van der Waals surface area contributed by atoms with E-state index in [4.69, 9.17) is 5.11 Å². The molecule has 2 aliphatic rings. The SMILES string of the molecule is O=C1CC2CC1C(C(=O)O)(C(F)(F)F)C2. The number of halogens is 3. The summed E-state index contributed by atoms with van der Waals surface area (Å²) in [4.78, 5) is 22.1. The Morgan fingerprint density at radius 3 is 2.33 bits per heavy atom. The van der Waals surface area contributed by atoms with Gasteiger partial charge in [0, 0.05) is 12.3 Å². The van der Waals surface area contributed by atoms with Crippen molar-refractivity contribution in [3.8, 4) is 0 Å². The number of alkyl halides is 3. The fraction of sp³-hybridized carbons (Fsp3) is 0.778. The monoisotopic (exact) mass is 222 g/mol. The Kier molecular flexibility index (Phi) is 1.91. The normalized spacial score (nSPS) is 39.8. The lowest BCUT2D eigenvalue weighted by atomic mass is 9.72. The highest BCUT2D eigenvalue weighted by Crippen LogP contribution is 2.61. The second-order valence-electron chi connectivity index (χ2n) is 4.30. The highest BCUT2D eigenvalue weighted by atomic mass is 19.4. The van der Waals surface area contributed by atoms with Gasteiger partial charge in [0.05, 0.1) is 0 Å². The van der Waals surface area contributed by atoms with Crippen molar-refractivity contribution < 1.29 is 27.9 Å². The molecule has 84 valence electrons. The zero-order chi connectivity index (χ0) is 11.4. The fourth-order valence-electron chi connectivity index (χ4n) is 2.87. The summed E-state index contributed by atoms with van der Waals surface area (Å²) >= 11 is 0. The van der Waals surface area contributed by atoms with E-state index in [0.29, 0.717) is 0 Å². The van der Waals surface area contributed by atoms with Crippen LogP contribution in [0.15, 0.2) is 0 Å². The molecular formula is C9H9F3O3. The van der Waals surface area contributed by atoms with Gasteiger partial charge in [-0.2, -0.15) is 13.2 Å². The molecule has 0 radical (unpaired) electrons. The molecule has 2 saturated carbocycles. The van der Waals surface area contributed by atoms with Crippen molar-refractivity contribution in [2.45, 2.75) is 25.4 Å². The maximum atomic E-state index is 12.8. The average molecular weight is 222 g/mol. The summed E-state index contributed by atoms with van der Waals surface area (Å²) in [7, 11) is 0. The minimum Gasteiger partial charge on any atom is -0.481 e. The largest absolute Gasteiger partial charge is 0.481 e. The topological polar surface area (TPSA) is 54.4 Å². The number of aliphatic carboxylic acids is 1. The van der Waals surface area contributed by atoms with Gasteiger partial charge in [-0.1, -0.05) is 0 Å². The van der Waals surface area contributed by atoms with Crippen molar-refractivity contribution in [1.29, 1.82) is 0 Å². The molecule has 0 aromatic heterocycles. The van der Waals surface area contributed by atoms with E-state index >= 15 is 0 Å². The number of hydrogen-bond acceptors (Lipinski definition) is 2. The zero-order valence-electron chi connectivity index (χ0n) is 7.67. The van der Waals surface area contributed by atoms with Crippen molar-refractivity contribution >= 4 is 11.8 Å². The number of fused-ring (bicyclic) bond motifs is 2. The molecule has 0 saturated heterocycles. The molecule has 3 atom stereocenters. The zero-order valence-corrected chi connectivity index (χ0v) is 7.67. The lowest BCUT2D eigenvalue weighted by Gasteiger charge is -2.34. The quantitative estimate of drug-likeness (QED) is 0.733. The van der Waals surface area contributed by atoms with Gasteiger partial charge in [-0.05, 0) is 18.8 Å². The lowest BCUT2D eigenvalue weighted by Crippen LogP contribution is -2.51. The number of rotatable bonds is 1. The van der Waals surface area contributed by atoms with Crippen molar-refractivity contribution in [1.82, 2.24) is 0 Å². The van der Waals surface area contributed by atoms with E-state index in [1.165, 1.54) is 0 Å². The number of Topliss-reactive ketones (excluding diaryl/α,β-unsaturated/α-hetero) is 1. The van der Waals surface area contributed by atoms with Crippen LogP contribution in [0.1, 0.15) is 19.3 Å². The third kappa shape index (κ3) is 1.13. The van der Waals surface area contributed by atoms with Crippen LogP contribution in [0.3, 0.4) is 0 Å². The van der Waals surface area contributed by atoms with E-state index < -0.39 is 41.6 Å². The van der Waals surface area contributed by atoms with E-state index in [1.807, 2.05) is 0 Å². The Hall–Kier alpha value is -1.07. The standard InChI is InChI=1S/C9H9F3O3/c10-9(11,12)8(7(14)15)3-4-1-5(8)6(13)2-4/h4-5H,1-3H2,(H,14,15). The molecule has 15 heavy (non-hydrogen) atoms. The van der Waals surface area contributed by atoms with Crippen LogP contribution in [0.5, 0.6) is 0 Å². The van der Waals surface area contributed by atoms with E-state index in [2.05, 4.69) is 0 Å². The van der Waals surface area contributed by atoms with Crippen LogP contribution in [0.25, 0.3) is 0 Å². The van der Waals surface area contributed by atoms with Crippen molar-refractivity contribution in [2.75, 3.05) is 0 Å². The second-order valence-corrected chi connectivity index (χ2v) is 4.30. The first-order chi connectivity index (χ1) is 6.79. The Morgan fingerprint density at radius 2 is 2.07 bits per heavy atom. The van der Waals surface area contributed by atoms with Gasteiger partial charge < -0.3 is 5.11 Å². The summed E-state index contributed by atoms with van der Waals surface area (Å²) in [5, 5.41) is 8.77. The predicted molar refractivity (Wildman–Crippen MR) is 42.0 cm³/mol. The van der Waals surface area contributed by atoms with E-state index in [1.54, 1.807) is 0 Å². The predicted octanol–water partition coefficient (Wildman–Crippen LogP) is 1.62. The molecule has 2 bridgehead atoms. The molecule has 2 fully saturated rings. The number of hydrogen-bond donors (Lipinski definition) is 1. The van der Waals surface area contributed by atoms with Crippen molar-refractivity contribution in [3.05, 3.63) is 0 Å². The summed E-state index contributed by atoms with van der Waals surface area (Å²) in [6, 6.07) is 0. The highest BCUT2D eigenvalue weighted by molar-refractivity contribution is 5.92. The van der Waals surface area contributed by atoms with E-state index in [-0.39, 0.29) is 12.8 Å². The molecule has 0 heterocycles. The number of carbonyl (C=O) groups excluding carboxylic acids is 1. The first-order valence-corrected chi connectivity index (χ1v) is 4.62. The molecule has 6 heteroatoms. The third-order valence-electron chi connectivity index (χ3n) is 3.54. The van der Waals surface area contributed by atoms with Crippen LogP contribution in [0.2, 0.25) is 0 Å². The highest BCUT2D eigenvalue weighted by Gasteiger charge is 2.72. The molecule has 3 nitrogen and oxygen atoms in total. The summed E-state index contributed by atoms with van der Waals surface area (Å²) in [5.41, 5.74) is -2.81. The lowest BCUT2D eigenvalue weighted by molar-refractivity contribution is -0.242. The fourth-order valence-corrected chi connectivity index (χ4v) is 2.87. The van der Waals surface area contributed by atoms with Crippen LogP contribution in [-0.4, -0.2) is 23.0 Å². The molecular weight excluding hydrogens is 213 g/mol. The van der Waals surface area contributed by atoms with Gasteiger partial charge in [-0.3, -0.25) is 9.59 Å². The number of ketones is 1. The smallest absolute Gasteiger partial charge is 0.405 e. The van der Waals surface area contributed by atoms with Gasteiger partial charge in [0.1, 0.15) is 5.78 Å². The van der Waals surface area contributed by atoms with Crippen LogP contribution in [0, 0.1) is 17.3 Å². The number of carboxylic acids is 1. The van der Waals surface area contributed by atoms with E-state index in [0.717, 1.165) is 0 Å². The molecule has 0 aliphatic heterocycles. The third-order valence-corrected chi connectivity index (χ3v) is 3.54. The number of carboxylic acid groups (broad SMARTS) is 1. The second kappa shape index (κ2) is 2.74. The molecule has 1 N–H and O–H groups in total. The van der Waals surface area contributed by atoms with Gasteiger partial charge in [0.25, 0.3) is 0 Å². The summed E-state index contributed by atoms with van der Waals surface area (Å²) in [6.45, 7) is 0. The van der Waals surface area contributed by atoms with Gasteiger partial charge in [0.2, 0.25) is 0 Å². The Bertz CT molecular complexity index is 336. The molecule has 2 rings (SSSR count). The summed E-state index contributed by atoms with van der Waals surface area (Å²) in [5.74, 6) is -4.22. The molecule has 0 aromatic rings. The Morgan fingerprint density at radius 1 is 1.47 bits per heavy atom. The minimum absolute atomic E-state index is 0.0741. The average Bonchev–Trinajstić information content (AvgIpc) is 2.57. The van der Waals surface area contributed by atoms with Crippen LogP contribution in [-0.2, 0) is 9.59 Å². The van der Waals surface area contributed by atoms with E-state index in [9.17, 15) is 22.8 Å². The van der Waals surface area contributed by atoms with Crippen molar-refractivity contribution in [2.24, 2.45) is 17.3 Å². The Balaban J connectivity index is 2.47. The minimum atomic E-state index is -4.84. The van der Waals surface area contributed by atoms with Crippen molar-refractivity contribution in [3.63, 3.8) is 0 Å². The maximum absolute atomic E-state index is 12.8. The van der Waals surface area contributed by atoms with Crippen LogP contribution < -0.4 is 0 Å².